The zero-order chi connectivity index (χ0) is 30.0. The minimum atomic E-state index is -4.20. The van der Waals surface area contributed by atoms with E-state index in [2.05, 4.69) is 5.32 Å². The number of methoxy groups -OCH3 is 1. The van der Waals surface area contributed by atoms with Gasteiger partial charge in [0.1, 0.15) is 24.1 Å². The van der Waals surface area contributed by atoms with E-state index in [4.69, 9.17) is 9.47 Å². The average Bonchev–Trinajstić information content (AvgIpc) is 2.97. The standard InChI is InChI=1S/C31H39N3O6S/c1-6-27(31(36)32-7-2)33(21-24-15-17-25(39-5)18-16-24)30(35)22-34(28-11-9-10-12-29(28)40-8-3)41(37,38)26-19-13-23(4)14-20-26/h9-20,27H,6-8,21-22H2,1-5H3,(H,32,36). The van der Waals surface area contributed by atoms with Gasteiger partial charge in [-0.2, -0.15) is 0 Å². The number of carbonyl (C=O) groups excluding carboxylic acids is 2. The van der Waals surface area contributed by atoms with E-state index in [-0.39, 0.29) is 23.0 Å². The van der Waals surface area contributed by atoms with E-state index in [1.54, 1.807) is 69.5 Å². The van der Waals surface area contributed by atoms with E-state index >= 15 is 0 Å². The third-order valence-electron chi connectivity index (χ3n) is 6.57. The van der Waals surface area contributed by atoms with Crippen molar-refractivity contribution < 1.29 is 27.5 Å². The number of carbonyl (C=O) groups is 2. The number of anilines is 1. The largest absolute Gasteiger partial charge is 0.497 e. The number of sulfonamides is 1. The fourth-order valence-electron chi connectivity index (χ4n) is 4.43. The summed E-state index contributed by atoms with van der Waals surface area (Å²) in [7, 11) is -2.63. The molecule has 0 saturated heterocycles. The van der Waals surface area contributed by atoms with Crippen molar-refractivity contribution in [2.75, 3.05) is 31.1 Å². The van der Waals surface area contributed by atoms with Gasteiger partial charge in [0.2, 0.25) is 11.8 Å². The Kier molecular flexibility index (Phi) is 11.2. The lowest BCUT2D eigenvalue weighted by Gasteiger charge is -2.33. The van der Waals surface area contributed by atoms with Crippen LogP contribution in [0.25, 0.3) is 0 Å². The molecule has 1 atom stereocenters. The maximum atomic E-state index is 14.1. The molecule has 0 bridgehead atoms. The van der Waals surface area contributed by atoms with Crippen LogP contribution in [0.2, 0.25) is 0 Å². The van der Waals surface area contributed by atoms with Gasteiger partial charge in [-0.1, -0.05) is 48.9 Å². The van der Waals surface area contributed by atoms with Gasteiger partial charge in [-0.05, 0) is 69.2 Å². The van der Waals surface area contributed by atoms with Gasteiger partial charge in [0, 0.05) is 13.1 Å². The van der Waals surface area contributed by atoms with Gasteiger partial charge in [-0.15, -0.1) is 0 Å². The number of nitrogens with one attached hydrogen (secondary N) is 1. The van der Waals surface area contributed by atoms with Crippen LogP contribution in [0.4, 0.5) is 5.69 Å². The van der Waals surface area contributed by atoms with Crippen molar-refractivity contribution in [3.8, 4) is 11.5 Å². The van der Waals surface area contributed by atoms with Gasteiger partial charge in [0.05, 0.1) is 24.3 Å². The van der Waals surface area contributed by atoms with E-state index in [0.29, 0.717) is 31.1 Å². The first-order valence-electron chi connectivity index (χ1n) is 13.7. The van der Waals surface area contributed by atoms with Gasteiger partial charge in [-0.3, -0.25) is 13.9 Å². The second kappa shape index (κ2) is 14.5. The molecule has 3 aromatic carbocycles. The summed E-state index contributed by atoms with van der Waals surface area (Å²) in [4.78, 5) is 28.7. The number of ether oxygens (including phenoxy) is 2. The van der Waals surface area contributed by atoms with Crippen LogP contribution in [0.1, 0.15) is 38.3 Å². The van der Waals surface area contributed by atoms with E-state index in [0.717, 1.165) is 15.4 Å². The van der Waals surface area contributed by atoms with Gasteiger partial charge in [-0.25, -0.2) is 8.42 Å². The maximum Gasteiger partial charge on any atom is 0.264 e. The Morgan fingerprint density at radius 2 is 1.59 bits per heavy atom. The first-order chi connectivity index (χ1) is 19.7. The smallest absolute Gasteiger partial charge is 0.264 e. The molecule has 3 aromatic rings. The third-order valence-corrected chi connectivity index (χ3v) is 8.34. The number of para-hydroxylation sites is 2. The van der Waals surface area contributed by atoms with Gasteiger partial charge in [0.15, 0.2) is 0 Å². The molecule has 0 spiro atoms. The lowest BCUT2D eigenvalue weighted by molar-refractivity contribution is -0.140. The fourth-order valence-corrected chi connectivity index (χ4v) is 5.86. The maximum absolute atomic E-state index is 14.1. The summed E-state index contributed by atoms with van der Waals surface area (Å²) in [6.45, 7) is 7.56. The summed E-state index contributed by atoms with van der Waals surface area (Å²) in [5.41, 5.74) is 1.91. The fraction of sp³-hybridized carbons (Fsp3) is 0.355. The van der Waals surface area contributed by atoms with Gasteiger partial charge in [0.25, 0.3) is 10.0 Å². The summed E-state index contributed by atoms with van der Waals surface area (Å²) in [6.07, 6.45) is 0.341. The number of hydrogen-bond donors (Lipinski definition) is 1. The van der Waals surface area contributed by atoms with Crippen molar-refractivity contribution in [1.29, 1.82) is 0 Å². The van der Waals surface area contributed by atoms with E-state index < -0.39 is 28.5 Å². The van der Waals surface area contributed by atoms with Crippen molar-refractivity contribution in [2.24, 2.45) is 0 Å². The molecule has 0 heterocycles. The van der Waals surface area contributed by atoms with Crippen molar-refractivity contribution in [1.82, 2.24) is 10.2 Å². The Morgan fingerprint density at radius 3 is 2.17 bits per heavy atom. The Balaban J connectivity index is 2.10. The van der Waals surface area contributed by atoms with Gasteiger partial charge < -0.3 is 19.7 Å². The monoisotopic (exact) mass is 581 g/mol. The quantitative estimate of drug-likeness (QED) is 0.300. The summed E-state index contributed by atoms with van der Waals surface area (Å²) < 4.78 is 40.2. The van der Waals surface area contributed by atoms with E-state index in [1.165, 1.54) is 17.0 Å². The number of nitrogens with zero attached hydrogens (tertiary/aromatic N) is 2. The summed E-state index contributed by atoms with van der Waals surface area (Å²) >= 11 is 0. The van der Waals surface area contributed by atoms with Crippen LogP contribution in [-0.4, -0.2) is 58.0 Å². The van der Waals surface area contributed by atoms with Crippen molar-refractivity contribution in [3.05, 3.63) is 83.9 Å². The zero-order valence-corrected chi connectivity index (χ0v) is 25.1. The number of benzene rings is 3. The molecule has 1 N–H and O–H groups in total. The molecule has 0 aliphatic heterocycles. The minimum Gasteiger partial charge on any atom is -0.497 e. The predicted octanol–water partition coefficient (Wildman–Crippen LogP) is 4.54. The highest BCUT2D eigenvalue weighted by Crippen LogP contribution is 2.33. The van der Waals surface area contributed by atoms with Crippen LogP contribution >= 0.6 is 0 Å². The van der Waals surface area contributed by atoms with Crippen molar-refractivity contribution in [3.63, 3.8) is 0 Å². The van der Waals surface area contributed by atoms with Crippen LogP contribution in [0.15, 0.2) is 77.7 Å². The van der Waals surface area contributed by atoms with Crippen LogP contribution in [-0.2, 0) is 26.2 Å². The molecule has 10 heteroatoms. The van der Waals surface area contributed by atoms with Crippen LogP contribution in [0.3, 0.4) is 0 Å². The number of hydrogen-bond acceptors (Lipinski definition) is 6. The third kappa shape index (κ3) is 7.79. The van der Waals surface area contributed by atoms with Crippen LogP contribution < -0.4 is 19.1 Å². The number of amides is 2. The molecule has 2 amide bonds. The number of likely N-dealkylation sites (N-methyl/N-ethyl adjacent to an activating group) is 1. The minimum absolute atomic E-state index is 0.0414. The SMILES string of the molecule is CCNC(=O)C(CC)N(Cc1ccc(OC)cc1)C(=O)CN(c1ccccc1OCC)S(=O)(=O)c1ccc(C)cc1. The van der Waals surface area contributed by atoms with E-state index in [1.807, 2.05) is 26.0 Å². The molecule has 0 aliphatic rings. The molecular formula is C31H39N3O6S. The first-order valence-corrected chi connectivity index (χ1v) is 15.1. The van der Waals surface area contributed by atoms with Crippen LogP contribution in [0, 0.1) is 6.92 Å². The first kappa shape index (κ1) is 31.5. The van der Waals surface area contributed by atoms with E-state index in [9.17, 15) is 18.0 Å². The molecule has 41 heavy (non-hydrogen) atoms. The molecule has 3 rings (SSSR count). The second-order valence-corrected chi connectivity index (χ2v) is 11.3. The molecule has 220 valence electrons. The molecule has 9 nitrogen and oxygen atoms in total. The molecular weight excluding hydrogens is 542 g/mol. The summed E-state index contributed by atoms with van der Waals surface area (Å²) in [5.74, 6) is 0.154. The Morgan fingerprint density at radius 1 is 0.927 bits per heavy atom. The number of rotatable bonds is 14. The Labute approximate surface area is 243 Å². The average molecular weight is 582 g/mol. The number of aryl methyl sites for hydroxylation is 1. The lowest BCUT2D eigenvalue weighted by atomic mass is 10.1. The topological polar surface area (TPSA) is 105 Å². The summed E-state index contributed by atoms with van der Waals surface area (Å²) in [5, 5.41) is 2.80. The Bertz CT molecular complexity index is 1410. The Hall–Kier alpha value is -4.05. The van der Waals surface area contributed by atoms with Gasteiger partial charge >= 0.3 is 0 Å². The normalized spacial score (nSPS) is 11.8. The molecule has 0 saturated carbocycles. The van der Waals surface area contributed by atoms with Crippen LogP contribution in [0.5, 0.6) is 11.5 Å². The molecule has 0 aromatic heterocycles. The second-order valence-electron chi connectivity index (χ2n) is 9.41. The molecule has 0 fully saturated rings. The highest BCUT2D eigenvalue weighted by Gasteiger charge is 2.34. The highest BCUT2D eigenvalue weighted by molar-refractivity contribution is 7.92. The van der Waals surface area contributed by atoms with Crippen molar-refractivity contribution in [2.45, 2.75) is 51.6 Å². The molecule has 0 aliphatic carbocycles. The predicted molar refractivity (Wildman–Crippen MR) is 160 cm³/mol. The molecule has 0 radical (unpaired) electrons. The van der Waals surface area contributed by atoms with Crippen molar-refractivity contribution >= 4 is 27.5 Å². The lowest BCUT2D eigenvalue weighted by Crippen LogP contribution is -2.52. The zero-order valence-electron chi connectivity index (χ0n) is 24.3. The highest BCUT2D eigenvalue weighted by atomic mass is 32.2. The molecule has 1 unspecified atom stereocenters. The summed E-state index contributed by atoms with van der Waals surface area (Å²) in [6, 6.07) is 19.5.